The highest BCUT2D eigenvalue weighted by molar-refractivity contribution is 5.55. The van der Waals surface area contributed by atoms with Crippen LogP contribution in [0.25, 0.3) is 0 Å². The van der Waals surface area contributed by atoms with Crippen molar-refractivity contribution < 1.29 is 13.2 Å². The van der Waals surface area contributed by atoms with E-state index in [1.807, 2.05) is 6.92 Å². The zero-order chi connectivity index (χ0) is 13.9. The molecule has 0 atom stereocenters. The Balaban J connectivity index is 3.15. The third kappa shape index (κ3) is 3.27. The van der Waals surface area contributed by atoms with E-state index >= 15 is 0 Å². The fraction of sp³-hybridized carbons (Fsp3) is 0.308. The molecule has 0 N–H and O–H groups in total. The van der Waals surface area contributed by atoms with Crippen LogP contribution in [0.4, 0.5) is 18.9 Å². The van der Waals surface area contributed by atoms with Crippen molar-refractivity contribution in [1.29, 1.82) is 5.26 Å². The van der Waals surface area contributed by atoms with E-state index in [-0.39, 0.29) is 5.56 Å². The molecule has 1 aromatic carbocycles. The number of hydrogen-bond acceptors (Lipinski definition) is 2. The van der Waals surface area contributed by atoms with Gasteiger partial charge in [0.05, 0.1) is 17.2 Å². The second-order valence-electron chi connectivity index (χ2n) is 4.15. The van der Waals surface area contributed by atoms with Crippen molar-refractivity contribution in [2.75, 3.05) is 18.5 Å². The van der Waals surface area contributed by atoms with Gasteiger partial charge in [-0.25, -0.2) is 0 Å². The average Bonchev–Trinajstić information content (AvgIpc) is 2.26. The summed E-state index contributed by atoms with van der Waals surface area (Å²) in [6, 6.07) is 5.11. The molecule has 0 aliphatic heterocycles. The Bertz CT molecular complexity index is 498. The first-order chi connectivity index (χ1) is 8.25. The molecule has 0 saturated carbocycles. The summed E-state index contributed by atoms with van der Waals surface area (Å²) in [7, 11) is 1.73. The van der Waals surface area contributed by atoms with Gasteiger partial charge >= 0.3 is 6.18 Å². The Kier molecular flexibility index (Phi) is 4.02. The van der Waals surface area contributed by atoms with Gasteiger partial charge in [0, 0.05) is 19.3 Å². The summed E-state index contributed by atoms with van der Waals surface area (Å²) in [6.07, 6.45) is -4.50. The number of likely N-dealkylation sites (N-methyl/N-ethyl adjacent to an activating group) is 1. The van der Waals surface area contributed by atoms with Gasteiger partial charge < -0.3 is 4.90 Å². The topological polar surface area (TPSA) is 27.0 Å². The van der Waals surface area contributed by atoms with E-state index in [0.29, 0.717) is 12.2 Å². The minimum Gasteiger partial charge on any atom is -0.371 e. The average molecular weight is 254 g/mol. The lowest BCUT2D eigenvalue weighted by Gasteiger charge is -2.20. The maximum absolute atomic E-state index is 12.6. The van der Waals surface area contributed by atoms with E-state index in [4.69, 9.17) is 5.26 Å². The van der Waals surface area contributed by atoms with Crippen LogP contribution in [0.1, 0.15) is 18.1 Å². The van der Waals surface area contributed by atoms with Gasteiger partial charge in [-0.15, -0.1) is 0 Å². The van der Waals surface area contributed by atoms with E-state index < -0.39 is 11.7 Å². The fourth-order valence-electron chi connectivity index (χ4n) is 1.61. The van der Waals surface area contributed by atoms with E-state index in [9.17, 15) is 13.2 Å². The quantitative estimate of drug-likeness (QED) is 0.771. The number of benzene rings is 1. The molecule has 1 rings (SSSR count). The van der Waals surface area contributed by atoms with Crippen LogP contribution >= 0.6 is 0 Å². The highest BCUT2D eigenvalue weighted by Gasteiger charge is 2.33. The maximum atomic E-state index is 12.6. The van der Waals surface area contributed by atoms with Crippen LogP contribution in [0.5, 0.6) is 0 Å². The molecule has 0 radical (unpaired) electrons. The highest BCUT2D eigenvalue weighted by Crippen LogP contribution is 2.33. The number of halogens is 3. The minimum absolute atomic E-state index is 0.367. The molecule has 5 heteroatoms. The van der Waals surface area contributed by atoms with Crippen LogP contribution in [0, 0.1) is 11.3 Å². The monoisotopic (exact) mass is 254 g/mol. The first-order valence-electron chi connectivity index (χ1n) is 5.22. The minimum atomic E-state index is -4.50. The molecule has 18 heavy (non-hydrogen) atoms. The van der Waals surface area contributed by atoms with Gasteiger partial charge in [-0.05, 0) is 25.1 Å². The van der Waals surface area contributed by atoms with Crippen molar-refractivity contribution in [3.05, 3.63) is 41.5 Å². The molecular weight excluding hydrogens is 241 g/mol. The molecule has 0 aromatic heterocycles. The first-order valence-corrected chi connectivity index (χ1v) is 5.22. The van der Waals surface area contributed by atoms with Crippen molar-refractivity contribution in [3.63, 3.8) is 0 Å². The SMILES string of the molecule is C=C(C)CN(C)c1ccc(C(F)(F)F)c(C#N)c1. The van der Waals surface area contributed by atoms with E-state index in [1.54, 1.807) is 18.0 Å². The van der Waals surface area contributed by atoms with Gasteiger partial charge in [-0.1, -0.05) is 12.2 Å². The number of anilines is 1. The second-order valence-corrected chi connectivity index (χ2v) is 4.15. The third-order valence-electron chi connectivity index (χ3n) is 2.38. The van der Waals surface area contributed by atoms with Crippen LogP contribution < -0.4 is 4.90 Å². The number of hydrogen-bond donors (Lipinski definition) is 0. The van der Waals surface area contributed by atoms with Crippen LogP contribution in [-0.2, 0) is 6.18 Å². The number of nitriles is 1. The molecule has 1 aromatic rings. The Morgan fingerprint density at radius 2 is 2.06 bits per heavy atom. The van der Waals surface area contributed by atoms with Crippen molar-refractivity contribution in [2.24, 2.45) is 0 Å². The Morgan fingerprint density at radius 1 is 1.44 bits per heavy atom. The molecule has 0 heterocycles. The molecule has 0 bridgehead atoms. The highest BCUT2D eigenvalue weighted by atomic mass is 19.4. The van der Waals surface area contributed by atoms with Gasteiger partial charge in [-0.3, -0.25) is 0 Å². The lowest BCUT2D eigenvalue weighted by atomic mass is 10.1. The summed E-state index contributed by atoms with van der Waals surface area (Å²) in [5, 5.41) is 8.78. The lowest BCUT2D eigenvalue weighted by Crippen LogP contribution is -2.19. The molecule has 0 saturated heterocycles. The predicted octanol–water partition coefficient (Wildman–Crippen LogP) is 3.59. The largest absolute Gasteiger partial charge is 0.417 e. The van der Waals surface area contributed by atoms with E-state index in [0.717, 1.165) is 11.6 Å². The third-order valence-corrected chi connectivity index (χ3v) is 2.38. The summed E-state index contributed by atoms with van der Waals surface area (Å²) < 4.78 is 37.8. The summed E-state index contributed by atoms with van der Waals surface area (Å²) in [6.45, 7) is 6.08. The molecule has 0 amide bonds. The van der Waals surface area contributed by atoms with Gasteiger partial charge in [0.15, 0.2) is 0 Å². The van der Waals surface area contributed by atoms with Gasteiger partial charge in [0.2, 0.25) is 0 Å². The molecule has 2 nitrogen and oxygen atoms in total. The molecule has 0 spiro atoms. The van der Waals surface area contributed by atoms with Crippen molar-refractivity contribution in [2.45, 2.75) is 13.1 Å². The molecule has 0 fully saturated rings. The summed E-state index contributed by atoms with van der Waals surface area (Å²) in [4.78, 5) is 1.74. The fourth-order valence-corrected chi connectivity index (χ4v) is 1.61. The van der Waals surface area contributed by atoms with Gasteiger partial charge in [-0.2, -0.15) is 18.4 Å². The zero-order valence-electron chi connectivity index (χ0n) is 10.2. The van der Waals surface area contributed by atoms with Crippen molar-refractivity contribution in [1.82, 2.24) is 0 Å². The molecule has 96 valence electrons. The van der Waals surface area contributed by atoms with E-state index in [1.165, 1.54) is 12.1 Å². The summed E-state index contributed by atoms with van der Waals surface area (Å²) in [5.74, 6) is 0. The molecule has 0 aliphatic carbocycles. The Hall–Kier alpha value is -1.96. The summed E-state index contributed by atoms with van der Waals surface area (Å²) in [5.41, 5.74) is 0.171. The van der Waals surface area contributed by atoms with Crippen LogP contribution in [-0.4, -0.2) is 13.6 Å². The van der Waals surface area contributed by atoms with Crippen LogP contribution in [0.3, 0.4) is 0 Å². The zero-order valence-corrected chi connectivity index (χ0v) is 10.2. The Morgan fingerprint density at radius 3 is 2.50 bits per heavy atom. The maximum Gasteiger partial charge on any atom is 0.417 e. The lowest BCUT2D eigenvalue weighted by molar-refractivity contribution is -0.137. The smallest absolute Gasteiger partial charge is 0.371 e. The predicted molar refractivity (Wildman–Crippen MR) is 64.2 cm³/mol. The number of nitrogens with zero attached hydrogens (tertiary/aromatic N) is 2. The van der Waals surface area contributed by atoms with Crippen LogP contribution in [0.15, 0.2) is 30.4 Å². The summed E-state index contributed by atoms with van der Waals surface area (Å²) >= 11 is 0. The van der Waals surface area contributed by atoms with E-state index in [2.05, 4.69) is 6.58 Å². The number of alkyl halides is 3. The van der Waals surface area contributed by atoms with Crippen LogP contribution in [0.2, 0.25) is 0 Å². The normalized spacial score (nSPS) is 10.9. The van der Waals surface area contributed by atoms with Crippen molar-refractivity contribution >= 4 is 5.69 Å². The van der Waals surface area contributed by atoms with Gasteiger partial charge in [0.1, 0.15) is 0 Å². The molecule has 0 aliphatic rings. The van der Waals surface area contributed by atoms with Crippen molar-refractivity contribution in [3.8, 4) is 6.07 Å². The molecular formula is C13H13F3N2. The molecule has 0 unspecified atom stereocenters. The second kappa shape index (κ2) is 5.13. The standard InChI is InChI=1S/C13H13F3N2/c1-9(2)8-18(3)11-4-5-12(13(14,15)16)10(6-11)7-17/h4-6H,1,8H2,2-3H3. The Labute approximate surface area is 104 Å². The number of rotatable bonds is 3. The van der Waals surface area contributed by atoms with Gasteiger partial charge in [0.25, 0.3) is 0 Å². The first kappa shape index (κ1) is 14.1.